The first-order chi connectivity index (χ1) is 9.76. The third-order valence-corrected chi connectivity index (χ3v) is 4.10. The summed E-state index contributed by atoms with van der Waals surface area (Å²) in [5.41, 5.74) is 1.64. The second-order valence-electron chi connectivity index (χ2n) is 4.40. The highest BCUT2D eigenvalue weighted by Gasteiger charge is 2.11. The van der Waals surface area contributed by atoms with E-state index >= 15 is 0 Å². The van der Waals surface area contributed by atoms with Gasteiger partial charge in [-0.05, 0) is 36.4 Å². The van der Waals surface area contributed by atoms with Crippen LogP contribution in [0.1, 0.15) is 15.4 Å². The molecule has 100 valence electrons. The Morgan fingerprint density at radius 1 is 1.15 bits per heavy atom. The first-order valence-corrected chi connectivity index (χ1v) is 7.09. The maximum Gasteiger partial charge on any atom is 0.169 e. The van der Waals surface area contributed by atoms with E-state index in [4.69, 9.17) is 4.74 Å². The van der Waals surface area contributed by atoms with Crippen molar-refractivity contribution in [2.45, 2.75) is 6.42 Å². The molecule has 3 nitrogen and oxygen atoms in total. The summed E-state index contributed by atoms with van der Waals surface area (Å²) < 4.78 is 6.20. The number of fused-ring (bicyclic) bond motifs is 1. The molecular formula is C16H13NO2S. The quantitative estimate of drug-likeness (QED) is 0.685. The number of hydrogen-bond acceptors (Lipinski definition) is 4. The summed E-state index contributed by atoms with van der Waals surface area (Å²) in [6.07, 6.45) is 0.339. The molecular weight excluding hydrogens is 270 g/mol. The van der Waals surface area contributed by atoms with Crippen molar-refractivity contribution in [1.29, 1.82) is 0 Å². The Kier molecular flexibility index (Phi) is 3.48. The molecule has 3 aromatic rings. The van der Waals surface area contributed by atoms with Gasteiger partial charge in [0.2, 0.25) is 0 Å². The van der Waals surface area contributed by atoms with E-state index < -0.39 is 0 Å². The highest BCUT2D eigenvalue weighted by atomic mass is 32.1. The van der Waals surface area contributed by atoms with Crippen LogP contribution in [0.5, 0.6) is 5.75 Å². The molecule has 0 fully saturated rings. The number of hydrogen-bond donors (Lipinski definition) is 0. The van der Waals surface area contributed by atoms with E-state index in [-0.39, 0.29) is 5.78 Å². The molecule has 2 aromatic carbocycles. The third kappa shape index (κ3) is 2.56. The van der Waals surface area contributed by atoms with Crippen molar-refractivity contribution in [3.05, 3.63) is 59.1 Å². The maximum absolute atomic E-state index is 12.2. The Hall–Kier alpha value is -2.20. The van der Waals surface area contributed by atoms with E-state index in [2.05, 4.69) is 4.98 Å². The number of para-hydroxylation sites is 1. The highest BCUT2D eigenvalue weighted by Crippen LogP contribution is 2.23. The monoisotopic (exact) mass is 283 g/mol. The van der Waals surface area contributed by atoms with Crippen LogP contribution in [0.2, 0.25) is 0 Å². The zero-order chi connectivity index (χ0) is 13.9. The average Bonchev–Trinajstić information content (AvgIpc) is 2.89. The number of ether oxygens (including phenoxy) is 1. The molecule has 0 saturated heterocycles. The zero-order valence-corrected chi connectivity index (χ0v) is 11.8. The minimum absolute atomic E-state index is 0.0757. The van der Waals surface area contributed by atoms with Gasteiger partial charge in [0.05, 0.1) is 23.7 Å². The van der Waals surface area contributed by atoms with E-state index in [0.717, 1.165) is 21.0 Å². The predicted molar refractivity (Wildman–Crippen MR) is 80.6 cm³/mol. The fraction of sp³-hybridized carbons (Fsp3) is 0.125. The van der Waals surface area contributed by atoms with Crippen LogP contribution in [0, 0.1) is 0 Å². The Labute approximate surface area is 120 Å². The fourth-order valence-corrected chi connectivity index (χ4v) is 2.98. The Morgan fingerprint density at radius 2 is 1.90 bits per heavy atom. The number of benzene rings is 2. The van der Waals surface area contributed by atoms with Gasteiger partial charge in [-0.2, -0.15) is 0 Å². The molecule has 4 heteroatoms. The van der Waals surface area contributed by atoms with E-state index in [1.807, 2.05) is 24.3 Å². The van der Waals surface area contributed by atoms with Gasteiger partial charge in [0.25, 0.3) is 0 Å². The number of carbonyl (C=O) groups excluding carboxylic acids is 1. The van der Waals surface area contributed by atoms with Crippen LogP contribution in [0.4, 0.5) is 0 Å². The maximum atomic E-state index is 12.2. The van der Waals surface area contributed by atoms with Gasteiger partial charge in [0.1, 0.15) is 10.8 Å². The third-order valence-electron chi connectivity index (χ3n) is 3.06. The van der Waals surface area contributed by atoms with Crippen molar-refractivity contribution in [2.24, 2.45) is 0 Å². The molecule has 0 aliphatic rings. The summed E-state index contributed by atoms with van der Waals surface area (Å²) in [6.45, 7) is 0. The van der Waals surface area contributed by atoms with E-state index in [9.17, 15) is 4.79 Å². The smallest absolute Gasteiger partial charge is 0.169 e. The van der Waals surface area contributed by atoms with Crippen molar-refractivity contribution in [3.63, 3.8) is 0 Å². The lowest BCUT2D eigenvalue weighted by molar-refractivity contribution is 0.0993. The van der Waals surface area contributed by atoms with Crippen molar-refractivity contribution < 1.29 is 9.53 Å². The molecule has 0 aliphatic carbocycles. The van der Waals surface area contributed by atoms with E-state index in [1.54, 1.807) is 42.7 Å². The van der Waals surface area contributed by atoms with Crippen molar-refractivity contribution in [2.75, 3.05) is 7.11 Å². The van der Waals surface area contributed by atoms with Gasteiger partial charge in [0, 0.05) is 5.56 Å². The van der Waals surface area contributed by atoms with Crippen LogP contribution < -0.4 is 4.74 Å². The number of nitrogens with zero attached hydrogens (tertiary/aromatic N) is 1. The topological polar surface area (TPSA) is 39.2 Å². The largest absolute Gasteiger partial charge is 0.497 e. The van der Waals surface area contributed by atoms with Crippen molar-refractivity contribution >= 4 is 27.3 Å². The second kappa shape index (κ2) is 5.43. The van der Waals surface area contributed by atoms with Crippen LogP contribution in [0.3, 0.4) is 0 Å². The number of carbonyl (C=O) groups is 1. The molecule has 1 aromatic heterocycles. The Bertz CT molecular complexity index is 714. The van der Waals surface area contributed by atoms with Crippen LogP contribution in [-0.4, -0.2) is 17.9 Å². The molecule has 0 radical (unpaired) electrons. The Balaban J connectivity index is 1.80. The molecule has 0 atom stereocenters. The first kappa shape index (κ1) is 12.8. The molecule has 0 bridgehead atoms. The minimum atomic E-state index is 0.0757. The van der Waals surface area contributed by atoms with Gasteiger partial charge >= 0.3 is 0 Å². The molecule has 0 aliphatic heterocycles. The van der Waals surface area contributed by atoms with Crippen LogP contribution in [0.25, 0.3) is 10.2 Å². The number of aromatic nitrogens is 1. The van der Waals surface area contributed by atoms with E-state index in [0.29, 0.717) is 12.0 Å². The number of Topliss-reactive ketones (excluding diaryl/α,β-unsaturated/α-hetero) is 1. The molecule has 0 saturated carbocycles. The zero-order valence-electron chi connectivity index (χ0n) is 11.0. The van der Waals surface area contributed by atoms with Crippen LogP contribution in [-0.2, 0) is 6.42 Å². The lowest BCUT2D eigenvalue weighted by Crippen LogP contribution is -2.03. The summed E-state index contributed by atoms with van der Waals surface area (Å²) in [7, 11) is 1.61. The molecule has 3 rings (SSSR count). The van der Waals surface area contributed by atoms with Crippen LogP contribution in [0.15, 0.2) is 48.5 Å². The van der Waals surface area contributed by atoms with Crippen molar-refractivity contribution in [3.8, 4) is 5.75 Å². The fourth-order valence-electron chi connectivity index (χ4n) is 2.01. The molecule has 0 unspecified atom stereocenters. The second-order valence-corrected chi connectivity index (χ2v) is 5.52. The lowest BCUT2D eigenvalue weighted by Gasteiger charge is -2.01. The van der Waals surface area contributed by atoms with Crippen molar-refractivity contribution in [1.82, 2.24) is 4.98 Å². The van der Waals surface area contributed by atoms with Gasteiger partial charge in [-0.15, -0.1) is 11.3 Å². The minimum Gasteiger partial charge on any atom is -0.497 e. The lowest BCUT2D eigenvalue weighted by atomic mass is 10.1. The molecule has 0 amide bonds. The van der Waals surface area contributed by atoms with Gasteiger partial charge in [0.15, 0.2) is 5.78 Å². The highest BCUT2D eigenvalue weighted by molar-refractivity contribution is 7.18. The molecule has 20 heavy (non-hydrogen) atoms. The summed E-state index contributed by atoms with van der Waals surface area (Å²) in [5.74, 6) is 0.827. The normalized spacial score (nSPS) is 10.7. The first-order valence-electron chi connectivity index (χ1n) is 6.28. The summed E-state index contributed by atoms with van der Waals surface area (Å²) in [5, 5.41) is 0.854. The van der Waals surface area contributed by atoms with Gasteiger partial charge < -0.3 is 4.74 Å². The number of methoxy groups -OCH3 is 1. The molecule has 0 spiro atoms. The average molecular weight is 283 g/mol. The van der Waals surface area contributed by atoms with Gasteiger partial charge in [-0.3, -0.25) is 4.79 Å². The Morgan fingerprint density at radius 3 is 2.60 bits per heavy atom. The molecule has 0 N–H and O–H groups in total. The number of rotatable bonds is 4. The van der Waals surface area contributed by atoms with Gasteiger partial charge in [-0.1, -0.05) is 12.1 Å². The summed E-state index contributed by atoms with van der Waals surface area (Å²) in [6, 6.07) is 15.1. The summed E-state index contributed by atoms with van der Waals surface area (Å²) >= 11 is 1.57. The van der Waals surface area contributed by atoms with E-state index in [1.165, 1.54) is 0 Å². The van der Waals surface area contributed by atoms with Gasteiger partial charge in [-0.25, -0.2) is 4.98 Å². The van der Waals surface area contributed by atoms with Crippen LogP contribution >= 0.6 is 11.3 Å². The molecule has 1 heterocycles. The number of thiazole rings is 1. The number of ketones is 1. The summed E-state index contributed by atoms with van der Waals surface area (Å²) in [4.78, 5) is 16.7. The predicted octanol–water partition coefficient (Wildman–Crippen LogP) is 3.73. The standard InChI is InChI=1S/C16H13NO2S/c1-19-12-8-6-11(7-9-12)14(18)10-16-17-13-4-2-3-5-15(13)20-16/h2-9H,10H2,1H3. The SMILES string of the molecule is COc1ccc(C(=O)Cc2nc3ccccc3s2)cc1.